The van der Waals surface area contributed by atoms with Gasteiger partial charge in [0.2, 0.25) is 5.91 Å². The van der Waals surface area contributed by atoms with Gasteiger partial charge in [0, 0.05) is 19.5 Å². The molecule has 0 rings (SSSR count). The summed E-state index contributed by atoms with van der Waals surface area (Å²) in [6, 6.07) is 0. The molecule has 0 saturated heterocycles. The minimum Gasteiger partial charge on any atom is -0.339 e. The predicted molar refractivity (Wildman–Crippen MR) is 64.5 cm³/mol. The van der Waals surface area contributed by atoms with Gasteiger partial charge in [0.25, 0.3) is 0 Å². The summed E-state index contributed by atoms with van der Waals surface area (Å²) in [6.07, 6.45) is 1.47. The van der Waals surface area contributed by atoms with Crippen molar-refractivity contribution in [2.75, 3.05) is 19.6 Å². The van der Waals surface area contributed by atoms with Crippen LogP contribution in [-0.2, 0) is 4.79 Å². The van der Waals surface area contributed by atoms with E-state index < -0.39 is 0 Å². The second-order valence-corrected chi connectivity index (χ2v) is 4.24. The summed E-state index contributed by atoms with van der Waals surface area (Å²) in [5.41, 5.74) is 6.53. The Morgan fingerprint density at radius 1 is 1.53 bits per heavy atom. The minimum atomic E-state index is 0.209. The number of hydrogen-bond donors (Lipinski definition) is 1. The third kappa shape index (κ3) is 6.28. The molecule has 0 aliphatic rings. The number of hydrogen-bond acceptors (Lipinski definition) is 2. The lowest BCUT2D eigenvalue weighted by Crippen LogP contribution is -2.32. The molecule has 0 radical (unpaired) electrons. The molecule has 0 fully saturated rings. The maximum Gasteiger partial charge on any atom is 0.222 e. The fourth-order valence-corrected chi connectivity index (χ4v) is 1.35. The summed E-state index contributed by atoms with van der Waals surface area (Å²) >= 11 is 0. The second kappa shape index (κ2) is 7.46. The van der Waals surface area contributed by atoms with Crippen LogP contribution < -0.4 is 5.73 Å². The van der Waals surface area contributed by atoms with E-state index in [1.165, 1.54) is 0 Å². The van der Waals surface area contributed by atoms with Crippen molar-refractivity contribution in [3.05, 3.63) is 12.2 Å². The van der Waals surface area contributed by atoms with Gasteiger partial charge in [-0.3, -0.25) is 4.79 Å². The van der Waals surface area contributed by atoms with E-state index in [1.54, 1.807) is 0 Å². The van der Waals surface area contributed by atoms with E-state index in [1.807, 2.05) is 18.7 Å². The van der Waals surface area contributed by atoms with Gasteiger partial charge in [-0.2, -0.15) is 0 Å². The van der Waals surface area contributed by atoms with E-state index in [2.05, 4.69) is 13.5 Å². The van der Waals surface area contributed by atoms with Crippen LogP contribution in [0.3, 0.4) is 0 Å². The van der Waals surface area contributed by atoms with Gasteiger partial charge in [0.05, 0.1) is 0 Å². The quantitative estimate of drug-likeness (QED) is 0.654. The van der Waals surface area contributed by atoms with Gasteiger partial charge in [-0.05, 0) is 32.7 Å². The van der Waals surface area contributed by atoms with Crippen LogP contribution in [0.2, 0.25) is 0 Å². The van der Waals surface area contributed by atoms with Crippen molar-refractivity contribution < 1.29 is 4.79 Å². The fourth-order valence-electron chi connectivity index (χ4n) is 1.35. The first-order chi connectivity index (χ1) is 7.01. The highest BCUT2D eigenvalue weighted by Gasteiger charge is 2.12. The highest BCUT2D eigenvalue weighted by Crippen LogP contribution is 2.07. The lowest BCUT2D eigenvalue weighted by Gasteiger charge is -2.21. The van der Waals surface area contributed by atoms with E-state index >= 15 is 0 Å². The van der Waals surface area contributed by atoms with E-state index in [4.69, 9.17) is 5.73 Å². The zero-order valence-electron chi connectivity index (χ0n) is 10.3. The van der Waals surface area contributed by atoms with Crippen LogP contribution in [-0.4, -0.2) is 30.4 Å². The van der Waals surface area contributed by atoms with Crippen molar-refractivity contribution in [3.8, 4) is 0 Å². The van der Waals surface area contributed by atoms with Gasteiger partial charge in [-0.15, -0.1) is 0 Å². The molecular formula is C12H24N2O. The standard InChI is InChI=1S/C12H24N2O/c1-5-14(9-10(2)3)12(15)7-6-11(4)8-13/h11H,2,5-9,13H2,1,3-4H3. The first-order valence-electron chi connectivity index (χ1n) is 5.63. The lowest BCUT2D eigenvalue weighted by molar-refractivity contribution is -0.130. The molecule has 3 heteroatoms. The van der Waals surface area contributed by atoms with Gasteiger partial charge >= 0.3 is 0 Å². The molecule has 15 heavy (non-hydrogen) atoms. The molecule has 0 bridgehead atoms. The molecule has 2 N–H and O–H groups in total. The van der Waals surface area contributed by atoms with E-state index in [9.17, 15) is 4.79 Å². The summed E-state index contributed by atoms with van der Waals surface area (Å²) in [4.78, 5) is 13.6. The Labute approximate surface area is 93.3 Å². The first-order valence-corrected chi connectivity index (χ1v) is 5.63. The maximum atomic E-state index is 11.8. The number of likely N-dealkylation sites (N-methyl/N-ethyl adjacent to an activating group) is 1. The zero-order chi connectivity index (χ0) is 11.8. The van der Waals surface area contributed by atoms with Crippen molar-refractivity contribution in [2.45, 2.75) is 33.6 Å². The zero-order valence-corrected chi connectivity index (χ0v) is 10.3. The Bertz CT molecular complexity index is 214. The maximum absolute atomic E-state index is 11.8. The van der Waals surface area contributed by atoms with Crippen LogP contribution in [0.4, 0.5) is 0 Å². The molecule has 0 aliphatic carbocycles. The minimum absolute atomic E-state index is 0.209. The van der Waals surface area contributed by atoms with Crippen molar-refractivity contribution >= 4 is 5.91 Å². The number of nitrogens with zero attached hydrogens (tertiary/aromatic N) is 1. The van der Waals surface area contributed by atoms with Gasteiger partial charge in [0.15, 0.2) is 0 Å². The summed E-state index contributed by atoms with van der Waals surface area (Å²) < 4.78 is 0. The number of amides is 1. The first kappa shape index (κ1) is 14.2. The Balaban J connectivity index is 3.99. The second-order valence-electron chi connectivity index (χ2n) is 4.24. The topological polar surface area (TPSA) is 46.3 Å². The highest BCUT2D eigenvalue weighted by molar-refractivity contribution is 5.76. The lowest BCUT2D eigenvalue weighted by atomic mass is 10.1. The monoisotopic (exact) mass is 212 g/mol. The summed E-state index contributed by atoms with van der Waals surface area (Å²) in [5, 5.41) is 0. The van der Waals surface area contributed by atoms with Gasteiger partial charge in [-0.1, -0.05) is 19.1 Å². The highest BCUT2D eigenvalue weighted by atomic mass is 16.2. The number of rotatable bonds is 7. The van der Waals surface area contributed by atoms with Crippen molar-refractivity contribution in [3.63, 3.8) is 0 Å². The molecule has 0 aromatic rings. The van der Waals surface area contributed by atoms with Crippen molar-refractivity contribution in [2.24, 2.45) is 11.7 Å². The van der Waals surface area contributed by atoms with Crippen LogP contribution in [0.5, 0.6) is 0 Å². The number of carbonyl (C=O) groups excluding carboxylic acids is 1. The molecule has 1 unspecified atom stereocenters. The number of nitrogens with two attached hydrogens (primary N) is 1. The normalized spacial score (nSPS) is 12.3. The Hall–Kier alpha value is -0.830. The largest absolute Gasteiger partial charge is 0.339 e. The average Bonchev–Trinajstić information content (AvgIpc) is 2.21. The van der Waals surface area contributed by atoms with Crippen molar-refractivity contribution in [1.29, 1.82) is 0 Å². The molecule has 0 spiro atoms. The SMILES string of the molecule is C=C(C)CN(CC)C(=O)CCC(C)CN. The van der Waals surface area contributed by atoms with Gasteiger partial charge in [0.1, 0.15) is 0 Å². The molecule has 0 aromatic heterocycles. The molecule has 0 aromatic carbocycles. The molecule has 0 heterocycles. The van der Waals surface area contributed by atoms with E-state index in [0.717, 1.165) is 18.5 Å². The fraction of sp³-hybridized carbons (Fsp3) is 0.750. The van der Waals surface area contributed by atoms with E-state index in [0.29, 0.717) is 25.4 Å². The third-order valence-corrected chi connectivity index (χ3v) is 2.45. The van der Waals surface area contributed by atoms with Crippen LogP contribution in [0.1, 0.15) is 33.6 Å². The summed E-state index contributed by atoms with van der Waals surface area (Å²) in [7, 11) is 0. The molecular weight excluding hydrogens is 188 g/mol. The van der Waals surface area contributed by atoms with Gasteiger partial charge < -0.3 is 10.6 Å². The Kier molecular flexibility index (Phi) is 7.05. The van der Waals surface area contributed by atoms with Crippen molar-refractivity contribution in [1.82, 2.24) is 4.90 Å². The number of carbonyl (C=O) groups is 1. The third-order valence-electron chi connectivity index (χ3n) is 2.45. The molecule has 0 saturated carbocycles. The van der Waals surface area contributed by atoms with Crippen LogP contribution in [0.15, 0.2) is 12.2 Å². The Morgan fingerprint density at radius 3 is 2.53 bits per heavy atom. The van der Waals surface area contributed by atoms with Crippen LogP contribution >= 0.6 is 0 Å². The van der Waals surface area contributed by atoms with Crippen LogP contribution in [0.25, 0.3) is 0 Å². The summed E-state index contributed by atoms with van der Waals surface area (Å²) in [5.74, 6) is 0.637. The molecule has 1 atom stereocenters. The predicted octanol–water partition coefficient (Wildman–Crippen LogP) is 1.79. The Morgan fingerprint density at radius 2 is 2.13 bits per heavy atom. The summed E-state index contributed by atoms with van der Waals surface area (Å²) in [6.45, 7) is 11.9. The molecule has 1 amide bonds. The molecule has 0 aliphatic heterocycles. The molecule has 3 nitrogen and oxygen atoms in total. The molecule has 88 valence electrons. The van der Waals surface area contributed by atoms with E-state index in [-0.39, 0.29) is 5.91 Å². The average molecular weight is 212 g/mol. The van der Waals surface area contributed by atoms with Gasteiger partial charge in [-0.25, -0.2) is 0 Å². The van der Waals surface area contributed by atoms with Crippen LogP contribution in [0, 0.1) is 5.92 Å². The smallest absolute Gasteiger partial charge is 0.222 e.